The second-order valence-corrected chi connectivity index (χ2v) is 3.82. The molecule has 0 aromatic carbocycles. The fraction of sp³-hybridized carbons (Fsp3) is 0.750. The SMILES string of the molecule is O=C1C2(CC2)C(=O)C12CC2. The van der Waals surface area contributed by atoms with Gasteiger partial charge in [-0.3, -0.25) is 9.59 Å². The summed E-state index contributed by atoms with van der Waals surface area (Å²) in [5, 5.41) is 0. The van der Waals surface area contributed by atoms with E-state index in [1.165, 1.54) is 0 Å². The van der Waals surface area contributed by atoms with Crippen molar-refractivity contribution in [3.8, 4) is 0 Å². The van der Waals surface area contributed by atoms with Gasteiger partial charge in [-0.2, -0.15) is 0 Å². The van der Waals surface area contributed by atoms with Gasteiger partial charge in [-0.15, -0.1) is 0 Å². The predicted molar refractivity (Wildman–Crippen MR) is 33.3 cm³/mol. The molecule has 2 heteroatoms. The molecular formula is C8H8O2. The van der Waals surface area contributed by atoms with Gasteiger partial charge >= 0.3 is 0 Å². The lowest BCUT2D eigenvalue weighted by Gasteiger charge is -2.31. The van der Waals surface area contributed by atoms with Crippen LogP contribution in [0.2, 0.25) is 0 Å². The van der Waals surface area contributed by atoms with E-state index in [0.29, 0.717) is 0 Å². The minimum absolute atomic E-state index is 0.282. The molecule has 0 heterocycles. The zero-order valence-corrected chi connectivity index (χ0v) is 5.64. The third-order valence-corrected chi connectivity index (χ3v) is 3.24. The summed E-state index contributed by atoms with van der Waals surface area (Å²) < 4.78 is 0. The van der Waals surface area contributed by atoms with Crippen molar-refractivity contribution in [1.29, 1.82) is 0 Å². The Morgan fingerprint density at radius 1 is 0.800 bits per heavy atom. The molecule has 0 aliphatic heterocycles. The first-order valence-electron chi connectivity index (χ1n) is 3.82. The minimum atomic E-state index is -0.392. The van der Waals surface area contributed by atoms with Gasteiger partial charge in [-0.25, -0.2) is 0 Å². The topological polar surface area (TPSA) is 34.1 Å². The van der Waals surface area contributed by atoms with E-state index in [2.05, 4.69) is 0 Å². The maximum absolute atomic E-state index is 11.3. The molecule has 0 N–H and O–H groups in total. The zero-order valence-electron chi connectivity index (χ0n) is 5.64. The Hall–Kier alpha value is -0.660. The lowest BCUT2D eigenvalue weighted by Crippen LogP contribution is -2.52. The predicted octanol–water partition coefficient (Wildman–Crippen LogP) is 0.699. The van der Waals surface area contributed by atoms with Crippen molar-refractivity contribution >= 4 is 11.6 Å². The number of carbonyl (C=O) groups excluding carboxylic acids is 2. The number of carbonyl (C=O) groups is 2. The van der Waals surface area contributed by atoms with Crippen LogP contribution in [0.15, 0.2) is 0 Å². The molecule has 2 nitrogen and oxygen atoms in total. The first-order valence-corrected chi connectivity index (χ1v) is 3.82. The summed E-state index contributed by atoms with van der Waals surface area (Å²) in [5.41, 5.74) is -0.785. The molecule has 0 amide bonds. The number of rotatable bonds is 0. The van der Waals surface area contributed by atoms with E-state index in [4.69, 9.17) is 0 Å². The molecule has 0 radical (unpaired) electrons. The molecule has 0 saturated heterocycles. The Balaban J connectivity index is 2.09. The molecule has 0 atom stereocenters. The minimum Gasteiger partial charge on any atom is -0.297 e. The molecule has 52 valence electrons. The zero-order chi connectivity index (χ0) is 6.98. The highest BCUT2D eigenvalue weighted by Gasteiger charge is 2.80. The van der Waals surface area contributed by atoms with Crippen molar-refractivity contribution in [3.63, 3.8) is 0 Å². The Morgan fingerprint density at radius 2 is 1.10 bits per heavy atom. The molecule has 3 saturated carbocycles. The lowest BCUT2D eigenvalue weighted by atomic mass is 9.66. The number of ketones is 2. The molecule has 3 rings (SSSR count). The van der Waals surface area contributed by atoms with E-state index >= 15 is 0 Å². The second-order valence-electron chi connectivity index (χ2n) is 3.82. The Kier molecular flexibility index (Phi) is 0.498. The maximum atomic E-state index is 11.3. The van der Waals surface area contributed by atoms with Crippen molar-refractivity contribution < 1.29 is 9.59 Å². The summed E-state index contributed by atoms with van der Waals surface area (Å²) in [6.45, 7) is 0. The highest BCUT2D eigenvalue weighted by atomic mass is 16.2. The summed E-state index contributed by atoms with van der Waals surface area (Å²) in [4.78, 5) is 22.6. The van der Waals surface area contributed by atoms with Crippen LogP contribution in [0.5, 0.6) is 0 Å². The van der Waals surface area contributed by atoms with Crippen LogP contribution in [-0.2, 0) is 9.59 Å². The molecule has 0 aromatic rings. The van der Waals surface area contributed by atoms with Crippen molar-refractivity contribution in [2.24, 2.45) is 10.8 Å². The molecule has 3 aliphatic carbocycles. The van der Waals surface area contributed by atoms with Gasteiger partial charge in [0, 0.05) is 0 Å². The van der Waals surface area contributed by atoms with Crippen molar-refractivity contribution in [1.82, 2.24) is 0 Å². The Labute approximate surface area is 58.6 Å². The molecule has 0 unspecified atom stereocenters. The van der Waals surface area contributed by atoms with Gasteiger partial charge in [-0.1, -0.05) is 0 Å². The van der Waals surface area contributed by atoms with Crippen LogP contribution in [0.4, 0.5) is 0 Å². The lowest BCUT2D eigenvalue weighted by molar-refractivity contribution is -0.155. The fourth-order valence-electron chi connectivity index (χ4n) is 2.22. The van der Waals surface area contributed by atoms with Crippen LogP contribution in [0, 0.1) is 10.8 Å². The quantitative estimate of drug-likeness (QED) is 0.459. The van der Waals surface area contributed by atoms with Crippen LogP contribution in [0.25, 0.3) is 0 Å². The number of hydrogen-bond donors (Lipinski definition) is 0. The summed E-state index contributed by atoms with van der Waals surface area (Å²) in [6.07, 6.45) is 3.41. The van der Waals surface area contributed by atoms with Crippen LogP contribution in [-0.4, -0.2) is 11.6 Å². The smallest absolute Gasteiger partial charge is 0.159 e. The van der Waals surface area contributed by atoms with Crippen molar-refractivity contribution in [2.45, 2.75) is 25.7 Å². The molecule has 3 aliphatic rings. The van der Waals surface area contributed by atoms with Crippen LogP contribution >= 0.6 is 0 Å². The second kappa shape index (κ2) is 0.987. The largest absolute Gasteiger partial charge is 0.297 e. The standard InChI is InChI=1S/C8H8O2/c9-5-7(1-2-7)6(10)8(5)3-4-8/h1-4H2. The van der Waals surface area contributed by atoms with Gasteiger partial charge in [-0.05, 0) is 25.7 Å². The van der Waals surface area contributed by atoms with E-state index in [1.54, 1.807) is 0 Å². The number of hydrogen-bond acceptors (Lipinski definition) is 2. The van der Waals surface area contributed by atoms with Crippen LogP contribution in [0.1, 0.15) is 25.7 Å². The highest BCUT2D eigenvalue weighted by Crippen LogP contribution is 2.71. The van der Waals surface area contributed by atoms with Gasteiger partial charge in [0.2, 0.25) is 0 Å². The van der Waals surface area contributed by atoms with Gasteiger partial charge in [0.1, 0.15) is 0 Å². The average molecular weight is 136 g/mol. The van der Waals surface area contributed by atoms with Crippen molar-refractivity contribution in [2.75, 3.05) is 0 Å². The first kappa shape index (κ1) is 5.05. The Morgan fingerprint density at radius 3 is 1.30 bits per heavy atom. The van der Waals surface area contributed by atoms with Crippen LogP contribution < -0.4 is 0 Å². The third kappa shape index (κ3) is 0.265. The maximum Gasteiger partial charge on any atom is 0.159 e. The molecule has 10 heavy (non-hydrogen) atoms. The van der Waals surface area contributed by atoms with E-state index in [0.717, 1.165) is 25.7 Å². The highest BCUT2D eigenvalue weighted by molar-refractivity contribution is 6.34. The summed E-state index contributed by atoms with van der Waals surface area (Å²) in [5.74, 6) is 0.565. The van der Waals surface area contributed by atoms with Gasteiger partial charge < -0.3 is 0 Å². The molecule has 0 aromatic heterocycles. The van der Waals surface area contributed by atoms with E-state index in [1.807, 2.05) is 0 Å². The number of Topliss-reactive ketones (excluding diaryl/α,β-unsaturated/α-hetero) is 2. The molecule has 0 bridgehead atoms. The fourth-order valence-corrected chi connectivity index (χ4v) is 2.22. The van der Waals surface area contributed by atoms with Crippen LogP contribution in [0.3, 0.4) is 0 Å². The van der Waals surface area contributed by atoms with Crippen molar-refractivity contribution in [3.05, 3.63) is 0 Å². The normalized spacial score (nSPS) is 36.4. The first-order chi connectivity index (χ1) is 4.72. The van der Waals surface area contributed by atoms with E-state index in [9.17, 15) is 9.59 Å². The Bertz CT molecular complexity index is 212. The third-order valence-electron chi connectivity index (χ3n) is 3.24. The summed E-state index contributed by atoms with van der Waals surface area (Å²) in [6, 6.07) is 0. The van der Waals surface area contributed by atoms with Gasteiger partial charge in [0.15, 0.2) is 11.6 Å². The summed E-state index contributed by atoms with van der Waals surface area (Å²) in [7, 11) is 0. The van der Waals surface area contributed by atoms with Gasteiger partial charge in [0.25, 0.3) is 0 Å². The van der Waals surface area contributed by atoms with Gasteiger partial charge in [0.05, 0.1) is 10.8 Å². The molecule has 2 spiro atoms. The molecular weight excluding hydrogens is 128 g/mol. The average Bonchev–Trinajstić information content (AvgIpc) is 2.83. The van der Waals surface area contributed by atoms with E-state index < -0.39 is 10.8 Å². The summed E-state index contributed by atoms with van der Waals surface area (Å²) >= 11 is 0. The van der Waals surface area contributed by atoms with E-state index in [-0.39, 0.29) is 11.6 Å². The molecule has 3 fully saturated rings. The monoisotopic (exact) mass is 136 g/mol.